The lowest BCUT2D eigenvalue weighted by Gasteiger charge is -2.33. The zero-order valence-corrected chi connectivity index (χ0v) is 11.8. The molecular formula is C14H30N2. The molecule has 1 fully saturated rings. The van der Waals surface area contributed by atoms with Crippen molar-refractivity contribution in [1.82, 2.24) is 10.2 Å². The molecular weight excluding hydrogens is 196 g/mol. The molecule has 2 heteroatoms. The van der Waals surface area contributed by atoms with Crippen molar-refractivity contribution in [3.05, 3.63) is 0 Å². The Hall–Kier alpha value is -0.0800. The van der Waals surface area contributed by atoms with Crippen LogP contribution < -0.4 is 5.32 Å². The maximum Gasteiger partial charge on any atom is 0.0217 e. The summed E-state index contributed by atoms with van der Waals surface area (Å²) in [7, 11) is 2.10. The van der Waals surface area contributed by atoms with E-state index in [1.807, 2.05) is 0 Å². The van der Waals surface area contributed by atoms with E-state index in [2.05, 4.69) is 45.0 Å². The summed E-state index contributed by atoms with van der Waals surface area (Å²) < 4.78 is 0. The third-order valence-electron chi connectivity index (χ3n) is 4.05. The third kappa shape index (κ3) is 4.42. The van der Waals surface area contributed by atoms with Gasteiger partial charge >= 0.3 is 0 Å². The van der Waals surface area contributed by atoms with Crippen molar-refractivity contribution in [3.8, 4) is 0 Å². The first-order chi connectivity index (χ1) is 7.58. The quantitative estimate of drug-likeness (QED) is 0.684. The maximum absolute atomic E-state index is 3.49. The van der Waals surface area contributed by atoms with Crippen LogP contribution >= 0.6 is 0 Å². The number of likely N-dealkylation sites (N-methyl/N-ethyl adjacent to an activating group) is 1. The molecule has 1 aliphatic rings. The van der Waals surface area contributed by atoms with Crippen LogP contribution in [0.5, 0.6) is 0 Å². The Morgan fingerprint density at radius 3 is 2.25 bits per heavy atom. The van der Waals surface area contributed by atoms with E-state index >= 15 is 0 Å². The van der Waals surface area contributed by atoms with Crippen LogP contribution in [0.1, 0.15) is 47.0 Å². The molecule has 0 spiro atoms. The van der Waals surface area contributed by atoms with Crippen LogP contribution in [0.2, 0.25) is 0 Å². The molecule has 96 valence electrons. The van der Waals surface area contributed by atoms with Crippen LogP contribution in [-0.2, 0) is 0 Å². The Labute approximate surface area is 102 Å². The minimum absolute atomic E-state index is 0.645. The topological polar surface area (TPSA) is 15.3 Å². The molecule has 2 nitrogen and oxygen atoms in total. The molecule has 1 aliphatic carbocycles. The summed E-state index contributed by atoms with van der Waals surface area (Å²) in [5, 5.41) is 3.49. The van der Waals surface area contributed by atoms with Crippen LogP contribution in [0.25, 0.3) is 0 Å². The van der Waals surface area contributed by atoms with Crippen molar-refractivity contribution in [2.24, 2.45) is 11.8 Å². The minimum Gasteiger partial charge on any atom is -0.315 e. The summed E-state index contributed by atoms with van der Waals surface area (Å²) >= 11 is 0. The van der Waals surface area contributed by atoms with Gasteiger partial charge in [-0.3, -0.25) is 4.90 Å². The van der Waals surface area contributed by atoms with E-state index in [4.69, 9.17) is 0 Å². The minimum atomic E-state index is 0.645. The van der Waals surface area contributed by atoms with Crippen molar-refractivity contribution in [1.29, 1.82) is 0 Å². The maximum atomic E-state index is 3.49. The fourth-order valence-corrected chi connectivity index (χ4v) is 2.22. The van der Waals surface area contributed by atoms with Gasteiger partial charge in [0.15, 0.2) is 0 Å². The lowest BCUT2D eigenvalue weighted by Crippen LogP contribution is -2.46. The van der Waals surface area contributed by atoms with Gasteiger partial charge in [-0.15, -0.1) is 0 Å². The molecule has 16 heavy (non-hydrogen) atoms. The summed E-state index contributed by atoms with van der Waals surface area (Å²) in [6, 6.07) is 1.33. The van der Waals surface area contributed by atoms with E-state index in [-0.39, 0.29) is 0 Å². The lowest BCUT2D eigenvalue weighted by atomic mass is 9.98. The van der Waals surface area contributed by atoms with Gasteiger partial charge in [-0.25, -0.2) is 0 Å². The zero-order chi connectivity index (χ0) is 12.1. The smallest absolute Gasteiger partial charge is 0.0217 e. The first kappa shape index (κ1) is 14.0. The van der Waals surface area contributed by atoms with Gasteiger partial charge in [-0.1, -0.05) is 20.3 Å². The van der Waals surface area contributed by atoms with Gasteiger partial charge in [0.25, 0.3) is 0 Å². The molecule has 1 saturated carbocycles. The molecule has 0 aromatic carbocycles. The number of hydrogen-bond donors (Lipinski definition) is 1. The lowest BCUT2D eigenvalue weighted by molar-refractivity contribution is 0.171. The molecule has 2 atom stereocenters. The van der Waals surface area contributed by atoms with E-state index in [0.717, 1.165) is 11.8 Å². The number of rotatable bonds is 8. The molecule has 0 heterocycles. The zero-order valence-electron chi connectivity index (χ0n) is 11.8. The highest BCUT2D eigenvalue weighted by Crippen LogP contribution is 2.30. The molecule has 0 radical (unpaired) electrons. The molecule has 0 aromatic heterocycles. The second kappa shape index (κ2) is 6.61. The number of hydrogen-bond acceptors (Lipinski definition) is 2. The van der Waals surface area contributed by atoms with E-state index in [0.29, 0.717) is 12.1 Å². The summed E-state index contributed by atoms with van der Waals surface area (Å²) in [6.07, 6.45) is 4.18. The summed E-state index contributed by atoms with van der Waals surface area (Å²) in [5.41, 5.74) is 0. The second-order valence-corrected chi connectivity index (χ2v) is 5.77. The van der Waals surface area contributed by atoms with E-state index in [1.165, 1.54) is 32.4 Å². The Bertz CT molecular complexity index is 187. The van der Waals surface area contributed by atoms with E-state index < -0.39 is 0 Å². The van der Waals surface area contributed by atoms with Crippen LogP contribution in [0, 0.1) is 11.8 Å². The van der Waals surface area contributed by atoms with Gasteiger partial charge in [0.2, 0.25) is 0 Å². The summed E-state index contributed by atoms with van der Waals surface area (Å²) in [4.78, 5) is 2.66. The highest BCUT2D eigenvalue weighted by Gasteiger charge is 2.27. The van der Waals surface area contributed by atoms with Crippen LogP contribution in [0.3, 0.4) is 0 Å². The summed E-state index contributed by atoms with van der Waals surface area (Å²) in [5.74, 6) is 1.77. The summed E-state index contributed by atoms with van der Waals surface area (Å²) in [6.45, 7) is 11.8. The fraction of sp³-hybridized carbons (Fsp3) is 1.00. The third-order valence-corrected chi connectivity index (χ3v) is 4.05. The molecule has 0 aromatic rings. The van der Waals surface area contributed by atoms with Crippen LogP contribution in [0.15, 0.2) is 0 Å². The van der Waals surface area contributed by atoms with Crippen molar-refractivity contribution in [3.63, 3.8) is 0 Å². The molecule has 0 bridgehead atoms. The second-order valence-electron chi connectivity index (χ2n) is 5.77. The Morgan fingerprint density at radius 2 is 1.88 bits per heavy atom. The predicted molar refractivity (Wildman–Crippen MR) is 71.7 cm³/mol. The van der Waals surface area contributed by atoms with Gasteiger partial charge in [-0.2, -0.15) is 0 Å². The fourth-order valence-electron chi connectivity index (χ4n) is 2.22. The van der Waals surface area contributed by atoms with Crippen molar-refractivity contribution >= 4 is 0 Å². The highest BCUT2D eigenvalue weighted by molar-refractivity contribution is 4.82. The average Bonchev–Trinajstić information content (AvgIpc) is 3.06. The van der Waals surface area contributed by atoms with Gasteiger partial charge < -0.3 is 5.32 Å². The average molecular weight is 226 g/mol. The molecule has 0 saturated heterocycles. The highest BCUT2D eigenvalue weighted by atomic mass is 15.2. The monoisotopic (exact) mass is 226 g/mol. The Kier molecular flexibility index (Phi) is 5.77. The Balaban J connectivity index is 2.43. The van der Waals surface area contributed by atoms with E-state index in [9.17, 15) is 0 Å². The predicted octanol–water partition coefficient (Wildman–Crippen LogP) is 2.74. The van der Waals surface area contributed by atoms with Crippen molar-refractivity contribution in [2.75, 3.05) is 20.1 Å². The van der Waals surface area contributed by atoms with Gasteiger partial charge in [-0.05, 0) is 45.6 Å². The first-order valence-electron chi connectivity index (χ1n) is 6.99. The molecule has 2 unspecified atom stereocenters. The number of nitrogens with one attached hydrogen (secondary N) is 1. The van der Waals surface area contributed by atoms with E-state index in [1.54, 1.807) is 0 Å². The van der Waals surface area contributed by atoms with Gasteiger partial charge in [0, 0.05) is 25.2 Å². The van der Waals surface area contributed by atoms with Crippen molar-refractivity contribution < 1.29 is 0 Å². The molecule has 0 aliphatic heterocycles. The van der Waals surface area contributed by atoms with Gasteiger partial charge in [0.1, 0.15) is 0 Å². The van der Waals surface area contributed by atoms with Gasteiger partial charge in [0.05, 0.1) is 0 Å². The molecule has 1 rings (SSSR count). The first-order valence-corrected chi connectivity index (χ1v) is 6.99. The van der Waals surface area contributed by atoms with Crippen LogP contribution in [0.4, 0.5) is 0 Å². The SMILES string of the molecule is CCC(C)C(CN(CC1CC1)C(C)C)NC. The largest absolute Gasteiger partial charge is 0.315 e. The normalized spacial score (nSPS) is 20.4. The standard InChI is InChI=1S/C14H30N2/c1-6-12(4)14(15-5)10-16(11(2)3)9-13-7-8-13/h11-15H,6-10H2,1-5H3. The Morgan fingerprint density at radius 1 is 1.25 bits per heavy atom. The molecule has 1 N–H and O–H groups in total. The van der Waals surface area contributed by atoms with Crippen LogP contribution in [-0.4, -0.2) is 37.1 Å². The molecule has 0 amide bonds. The van der Waals surface area contributed by atoms with Crippen molar-refractivity contribution in [2.45, 2.75) is 59.0 Å². The number of nitrogens with zero attached hydrogens (tertiary/aromatic N) is 1.